The molecule has 2 aromatic rings. The van der Waals surface area contributed by atoms with Crippen molar-refractivity contribution < 1.29 is 19.0 Å². The zero-order valence-electron chi connectivity index (χ0n) is 16.8. The van der Waals surface area contributed by atoms with Gasteiger partial charge in [-0.05, 0) is 47.7 Å². The Bertz CT molecular complexity index is 925. The maximum absolute atomic E-state index is 11.6. The molecular weight excluding hydrogens is 356 g/mol. The zero-order valence-corrected chi connectivity index (χ0v) is 16.8. The highest BCUT2D eigenvalue weighted by atomic mass is 16.5. The minimum absolute atomic E-state index is 0.100. The molecule has 6 nitrogen and oxygen atoms in total. The minimum atomic E-state index is -0.100. The fourth-order valence-electron chi connectivity index (χ4n) is 4.47. The van der Waals surface area contributed by atoms with E-state index in [0.29, 0.717) is 5.75 Å². The minimum Gasteiger partial charge on any atom is -0.495 e. The van der Waals surface area contributed by atoms with Gasteiger partial charge in [0.15, 0.2) is 11.5 Å². The number of rotatable bonds is 4. The summed E-state index contributed by atoms with van der Waals surface area (Å²) in [4.78, 5) is 14.1. The molecule has 4 rings (SSSR count). The molecule has 0 saturated heterocycles. The van der Waals surface area contributed by atoms with Gasteiger partial charge in [-0.1, -0.05) is 6.07 Å². The zero-order chi connectivity index (χ0) is 19.8. The number of hydrogen-bond donors (Lipinski definition) is 1. The average Bonchev–Trinajstić information content (AvgIpc) is 2.70. The maximum atomic E-state index is 11.6. The molecule has 2 heterocycles. The van der Waals surface area contributed by atoms with Crippen molar-refractivity contribution in [1.82, 2.24) is 4.90 Å². The van der Waals surface area contributed by atoms with E-state index in [2.05, 4.69) is 28.4 Å². The molecule has 2 aliphatic rings. The van der Waals surface area contributed by atoms with E-state index < -0.39 is 0 Å². The maximum Gasteiger partial charge on any atom is 0.221 e. The van der Waals surface area contributed by atoms with E-state index in [0.717, 1.165) is 43.1 Å². The summed E-state index contributed by atoms with van der Waals surface area (Å²) < 4.78 is 16.6. The first-order valence-electron chi connectivity index (χ1n) is 9.50. The molecule has 2 aliphatic heterocycles. The monoisotopic (exact) mass is 382 g/mol. The lowest BCUT2D eigenvalue weighted by Gasteiger charge is -2.42. The third-order valence-corrected chi connectivity index (χ3v) is 5.76. The molecule has 0 unspecified atom stereocenters. The number of nitrogens with zero attached hydrogens (tertiary/aromatic N) is 1. The van der Waals surface area contributed by atoms with Crippen molar-refractivity contribution in [3.8, 4) is 17.2 Å². The van der Waals surface area contributed by atoms with Crippen LogP contribution in [-0.4, -0.2) is 38.7 Å². The summed E-state index contributed by atoms with van der Waals surface area (Å²) in [6.07, 6.45) is 1.85. The summed E-state index contributed by atoms with van der Waals surface area (Å²) in [5.74, 6) is 2.22. The number of nitrogens with one attached hydrogen (secondary N) is 1. The number of carbonyl (C=O) groups is 1. The molecule has 0 saturated carbocycles. The molecule has 0 fully saturated rings. The van der Waals surface area contributed by atoms with Gasteiger partial charge < -0.3 is 19.5 Å². The average molecular weight is 382 g/mol. The summed E-state index contributed by atoms with van der Waals surface area (Å²) in [5.41, 5.74) is 5.77. The van der Waals surface area contributed by atoms with Crippen molar-refractivity contribution in [1.29, 1.82) is 0 Å². The fourth-order valence-corrected chi connectivity index (χ4v) is 4.47. The van der Waals surface area contributed by atoms with E-state index in [9.17, 15) is 4.79 Å². The quantitative estimate of drug-likeness (QED) is 0.879. The van der Waals surface area contributed by atoms with Crippen LogP contribution in [0.2, 0.25) is 0 Å². The van der Waals surface area contributed by atoms with Crippen LogP contribution in [-0.2, 0) is 24.2 Å². The van der Waals surface area contributed by atoms with E-state index in [1.165, 1.54) is 29.2 Å². The van der Waals surface area contributed by atoms with E-state index in [1.54, 1.807) is 21.3 Å². The molecule has 28 heavy (non-hydrogen) atoms. The molecule has 0 spiro atoms. The van der Waals surface area contributed by atoms with Crippen LogP contribution in [0.15, 0.2) is 24.3 Å². The van der Waals surface area contributed by atoms with Gasteiger partial charge in [-0.25, -0.2) is 0 Å². The second kappa shape index (κ2) is 7.36. The first-order valence-corrected chi connectivity index (χ1v) is 9.50. The largest absolute Gasteiger partial charge is 0.495 e. The van der Waals surface area contributed by atoms with Crippen LogP contribution in [0.3, 0.4) is 0 Å². The van der Waals surface area contributed by atoms with Crippen LogP contribution in [0, 0.1) is 0 Å². The van der Waals surface area contributed by atoms with Crippen molar-refractivity contribution in [2.24, 2.45) is 0 Å². The molecule has 2 aromatic carbocycles. The smallest absolute Gasteiger partial charge is 0.221 e. The van der Waals surface area contributed by atoms with Gasteiger partial charge in [-0.15, -0.1) is 0 Å². The van der Waals surface area contributed by atoms with Crippen LogP contribution >= 0.6 is 0 Å². The number of carbonyl (C=O) groups excluding carboxylic acids is 1. The van der Waals surface area contributed by atoms with E-state index >= 15 is 0 Å². The van der Waals surface area contributed by atoms with Crippen LogP contribution in [0.25, 0.3) is 0 Å². The first-order chi connectivity index (χ1) is 13.5. The third kappa shape index (κ3) is 3.07. The first kappa shape index (κ1) is 18.6. The Morgan fingerprint density at radius 3 is 2.54 bits per heavy atom. The van der Waals surface area contributed by atoms with Gasteiger partial charge in [0.2, 0.25) is 5.91 Å². The Kier molecular flexibility index (Phi) is 4.89. The highest BCUT2D eigenvalue weighted by molar-refractivity contribution is 5.90. The number of benzene rings is 2. The van der Waals surface area contributed by atoms with E-state index in [4.69, 9.17) is 14.2 Å². The number of amides is 1. The second-order valence-electron chi connectivity index (χ2n) is 7.31. The number of fused-ring (bicyclic) bond motifs is 4. The molecule has 1 amide bonds. The standard InChI is InChI=1S/C22H26N2O4/c1-13(25)23-18-11-16-15(10-21(18)27-3)7-8-24-12-17-14(9-19(16)24)5-6-20(26-2)22(17)28-4/h5-6,10-11,19H,7-9,12H2,1-4H3,(H,23,25)/t19-/m0/s1. The van der Waals surface area contributed by atoms with Gasteiger partial charge >= 0.3 is 0 Å². The van der Waals surface area contributed by atoms with Crippen LogP contribution in [0.5, 0.6) is 17.2 Å². The van der Waals surface area contributed by atoms with Crippen LogP contribution in [0.1, 0.15) is 35.2 Å². The highest BCUT2D eigenvalue weighted by Gasteiger charge is 2.34. The van der Waals surface area contributed by atoms with Gasteiger partial charge in [0.1, 0.15) is 5.75 Å². The lowest BCUT2D eigenvalue weighted by atomic mass is 9.83. The molecule has 6 heteroatoms. The molecule has 0 aromatic heterocycles. The number of methoxy groups -OCH3 is 3. The summed E-state index contributed by atoms with van der Waals surface area (Å²) in [7, 11) is 5.00. The Balaban J connectivity index is 1.75. The molecule has 1 N–H and O–H groups in total. The predicted octanol–water partition coefficient (Wildman–Crippen LogP) is 3.33. The SMILES string of the molecule is COc1cc2c(cc1NC(C)=O)[C@@H]1Cc3ccc(OC)c(OC)c3CN1CC2. The van der Waals surface area contributed by atoms with Crippen molar-refractivity contribution in [2.75, 3.05) is 33.2 Å². The number of anilines is 1. The summed E-state index contributed by atoms with van der Waals surface area (Å²) in [6.45, 7) is 3.31. The van der Waals surface area contributed by atoms with Crippen molar-refractivity contribution in [3.63, 3.8) is 0 Å². The van der Waals surface area contributed by atoms with Gasteiger partial charge in [-0.2, -0.15) is 0 Å². The summed E-state index contributed by atoms with van der Waals surface area (Å²) in [6, 6.07) is 8.54. The molecular formula is C22H26N2O4. The highest BCUT2D eigenvalue weighted by Crippen LogP contribution is 2.45. The molecule has 0 aliphatic carbocycles. The Morgan fingerprint density at radius 2 is 1.86 bits per heavy atom. The van der Waals surface area contributed by atoms with Gasteiger partial charge in [0.05, 0.1) is 27.0 Å². The Morgan fingerprint density at radius 1 is 1.07 bits per heavy atom. The number of hydrogen-bond acceptors (Lipinski definition) is 5. The van der Waals surface area contributed by atoms with Crippen LogP contribution in [0.4, 0.5) is 5.69 Å². The molecule has 0 bridgehead atoms. The van der Waals surface area contributed by atoms with Crippen molar-refractivity contribution in [3.05, 3.63) is 46.5 Å². The topological polar surface area (TPSA) is 60.0 Å². The van der Waals surface area contributed by atoms with Gasteiger partial charge in [0, 0.05) is 31.6 Å². The normalized spacial score (nSPS) is 17.8. The van der Waals surface area contributed by atoms with Crippen LogP contribution < -0.4 is 19.5 Å². The number of ether oxygens (including phenoxy) is 3. The van der Waals surface area contributed by atoms with E-state index in [-0.39, 0.29) is 11.9 Å². The van der Waals surface area contributed by atoms with Crippen molar-refractivity contribution in [2.45, 2.75) is 32.4 Å². The summed E-state index contributed by atoms with van der Waals surface area (Å²) >= 11 is 0. The van der Waals surface area contributed by atoms with Gasteiger partial charge in [0.25, 0.3) is 0 Å². The Hall–Kier alpha value is -2.73. The lowest BCUT2D eigenvalue weighted by Crippen LogP contribution is -2.39. The molecule has 0 radical (unpaired) electrons. The lowest BCUT2D eigenvalue weighted by molar-refractivity contribution is -0.114. The Labute approximate surface area is 165 Å². The summed E-state index contributed by atoms with van der Waals surface area (Å²) in [5, 5.41) is 2.90. The molecule has 148 valence electrons. The molecule has 1 atom stereocenters. The predicted molar refractivity (Wildman–Crippen MR) is 107 cm³/mol. The van der Waals surface area contributed by atoms with Gasteiger partial charge in [-0.3, -0.25) is 9.69 Å². The fraction of sp³-hybridized carbons (Fsp3) is 0.409. The third-order valence-electron chi connectivity index (χ3n) is 5.76. The second-order valence-corrected chi connectivity index (χ2v) is 7.31. The van der Waals surface area contributed by atoms with E-state index in [1.807, 2.05) is 6.07 Å². The van der Waals surface area contributed by atoms with Crippen molar-refractivity contribution >= 4 is 11.6 Å².